The third kappa shape index (κ3) is 5.45. The molecule has 0 aromatic heterocycles. The number of rotatable bonds is 6. The average Bonchev–Trinajstić information content (AvgIpc) is 2.72. The molecule has 29 heavy (non-hydrogen) atoms. The largest absolute Gasteiger partial charge is 0.490 e. The van der Waals surface area contributed by atoms with Gasteiger partial charge in [-0.25, -0.2) is 18.0 Å². The number of methoxy groups -OCH3 is 1. The van der Waals surface area contributed by atoms with Crippen LogP contribution in [0.3, 0.4) is 0 Å². The zero-order chi connectivity index (χ0) is 22.3. The number of hydrogen-bond acceptors (Lipinski definition) is 4. The standard InChI is InChI=1S/C17H12BrF5O4.C2H6/c1-7-8(3-4-9(18)15(7)26-6-5-25-2)17(24)27-16-13(22)11(20)10(19)12(21)14(16)23;1-2/h3-4H,5-6H2,1-2H3;1-2H3. The molecule has 0 aliphatic rings. The van der Waals surface area contributed by atoms with Crippen molar-refractivity contribution >= 4 is 21.9 Å². The molecule has 0 saturated carbocycles. The van der Waals surface area contributed by atoms with E-state index in [1.54, 1.807) is 0 Å². The van der Waals surface area contributed by atoms with E-state index in [1.807, 2.05) is 13.8 Å². The maximum absolute atomic E-state index is 13.7. The Hall–Kier alpha value is -2.20. The first-order valence-corrected chi connectivity index (χ1v) is 9.14. The van der Waals surface area contributed by atoms with Gasteiger partial charge in [0.25, 0.3) is 0 Å². The second kappa shape index (κ2) is 11.1. The van der Waals surface area contributed by atoms with Crippen LogP contribution in [0.25, 0.3) is 0 Å². The molecule has 2 aromatic rings. The summed E-state index contributed by atoms with van der Waals surface area (Å²) in [7, 11) is 1.46. The summed E-state index contributed by atoms with van der Waals surface area (Å²) in [5.74, 6) is -14.0. The normalized spacial score (nSPS) is 10.3. The molecule has 2 rings (SSSR count). The topological polar surface area (TPSA) is 44.8 Å². The summed E-state index contributed by atoms with van der Waals surface area (Å²) in [4.78, 5) is 12.3. The Balaban J connectivity index is 0.00000204. The minimum atomic E-state index is -2.35. The Morgan fingerprint density at radius 2 is 1.41 bits per heavy atom. The van der Waals surface area contributed by atoms with Crippen molar-refractivity contribution in [3.63, 3.8) is 0 Å². The molecule has 4 nitrogen and oxygen atoms in total. The van der Waals surface area contributed by atoms with E-state index in [4.69, 9.17) is 9.47 Å². The van der Waals surface area contributed by atoms with Gasteiger partial charge in [-0.2, -0.15) is 8.78 Å². The summed E-state index contributed by atoms with van der Waals surface area (Å²) in [5.41, 5.74) is 0.0453. The zero-order valence-corrected chi connectivity index (χ0v) is 17.6. The lowest BCUT2D eigenvalue weighted by molar-refractivity contribution is 0.0714. The van der Waals surface area contributed by atoms with Crippen LogP contribution in [-0.2, 0) is 4.74 Å². The molecule has 2 aromatic carbocycles. The number of ether oxygens (including phenoxy) is 3. The molecular weight excluding hydrogens is 467 g/mol. The fourth-order valence-corrected chi connectivity index (χ4v) is 2.65. The van der Waals surface area contributed by atoms with Crippen LogP contribution in [0.2, 0.25) is 0 Å². The molecule has 0 unspecified atom stereocenters. The van der Waals surface area contributed by atoms with Gasteiger partial charge in [-0.05, 0) is 35.0 Å². The van der Waals surface area contributed by atoms with Crippen molar-refractivity contribution in [2.75, 3.05) is 20.3 Å². The van der Waals surface area contributed by atoms with Crippen LogP contribution >= 0.6 is 15.9 Å². The lowest BCUT2D eigenvalue weighted by atomic mass is 10.1. The number of benzene rings is 2. The highest BCUT2D eigenvalue weighted by atomic mass is 79.9. The average molecular weight is 485 g/mol. The third-order valence-electron chi connectivity index (χ3n) is 3.48. The Bertz CT molecular complexity index is 861. The molecule has 0 atom stereocenters. The van der Waals surface area contributed by atoms with Crippen molar-refractivity contribution < 1.29 is 41.0 Å². The van der Waals surface area contributed by atoms with Crippen molar-refractivity contribution in [3.8, 4) is 11.5 Å². The van der Waals surface area contributed by atoms with Crippen LogP contribution in [0.15, 0.2) is 16.6 Å². The van der Waals surface area contributed by atoms with Crippen LogP contribution in [0.1, 0.15) is 29.8 Å². The van der Waals surface area contributed by atoms with Gasteiger partial charge in [0.1, 0.15) is 12.4 Å². The van der Waals surface area contributed by atoms with E-state index in [-0.39, 0.29) is 30.1 Å². The van der Waals surface area contributed by atoms with Crippen LogP contribution in [0.5, 0.6) is 11.5 Å². The minimum Gasteiger partial charge on any atom is -0.490 e. The molecule has 0 saturated heterocycles. The smallest absolute Gasteiger partial charge is 0.344 e. The predicted molar refractivity (Wildman–Crippen MR) is 98.8 cm³/mol. The lowest BCUT2D eigenvalue weighted by Gasteiger charge is -2.14. The van der Waals surface area contributed by atoms with Gasteiger partial charge in [-0.3, -0.25) is 0 Å². The van der Waals surface area contributed by atoms with Gasteiger partial charge in [0.2, 0.25) is 34.8 Å². The van der Waals surface area contributed by atoms with Crippen molar-refractivity contribution in [3.05, 3.63) is 56.8 Å². The molecule has 0 bridgehead atoms. The summed E-state index contributed by atoms with van der Waals surface area (Å²) in [5, 5.41) is 0. The third-order valence-corrected chi connectivity index (χ3v) is 4.10. The SMILES string of the molecule is CC.COCCOc1c(Br)ccc(C(=O)Oc2c(F)c(F)c(F)c(F)c2F)c1C. The molecule has 0 spiro atoms. The summed E-state index contributed by atoms with van der Waals surface area (Å²) < 4.78 is 82.1. The molecule has 0 aliphatic carbocycles. The summed E-state index contributed by atoms with van der Waals surface area (Å²) in [6, 6.07) is 2.65. The summed E-state index contributed by atoms with van der Waals surface area (Å²) in [6.07, 6.45) is 0. The van der Waals surface area contributed by atoms with E-state index in [1.165, 1.54) is 26.2 Å². The number of carbonyl (C=O) groups is 1. The van der Waals surface area contributed by atoms with E-state index < -0.39 is 40.8 Å². The highest BCUT2D eigenvalue weighted by Crippen LogP contribution is 2.33. The highest BCUT2D eigenvalue weighted by molar-refractivity contribution is 9.10. The predicted octanol–water partition coefficient (Wildman–Crippen LogP) is 5.72. The first kappa shape index (κ1) is 24.8. The van der Waals surface area contributed by atoms with Gasteiger partial charge in [0, 0.05) is 12.7 Å². The second-order valence-corrected chi connectivity index (χ2v) is 6.03. The van der Waals surface area contributed by atoms with Crippen molar-refractivity contribution in [2.24, 2.45) is 0 Å². The Kier molecular flexibility index (Phi) is 9.51. The monoisotopic (exact) mass is 484 g/mol. The maximum Gasteiger partial charge on any atom is 0.344 e. The summed E-state index contributed by atoms with van der Waals surface area (Å²) in [6.45, 7) is 5.86. The second-order valence-electron chi connectivity index (χ2n) is 5.18. The lowest BCUT2D eigenvalue weighted by Crippen LogP contribution is -2.15. The quantitative estimate of drug-likeness (QED) is 0.131. The molecule has 0 N–H and O–H groups in total. The van der Waals surface area contributed by atoms with Crippen LogP contribution in [0.4, 0.5) is 22.0 Å². The van der Waals surface area contributed by atoms with Crippen molar-refractivity contribution in [1.29, 1.82) is 0 Å². The van der Waals surface area contributed by atoms with Crippen molar-refractivity contribution in [2.45, 2.75) is 20.8 Å². The molecule has 160 valence electrons. The minimum absolute atomic E-state index is 0.145. The highest BCUT2D eigenvalue weighted by Gasteiger charge is 2.29. The number of halogens is 6. The van der Waals surface area contributed by atoms with E-state index in [9.17, 15) is 26.7 Å². The molecule has 0 aliphatic heterocycles. The van der Waals surface area contributed by atoms with Crippen LogP contribution < -0.4 is 9.47 Å². The molecule has 0 fully saturated rings. The Morgan fingerprint density at radius 1 is 0.897 bits per heavy atom. The van der Waals surface area contributed by atoms with Crippen LogP contribution in [0, 0.1) is 36.0 Å². The van der Waals surface area contributed by atoms with Crippen LogP contribution in [-0.4, -0.2) is 26.3 Å². The van der Waals surface area contributed by atoms with E-state index >= 15 is 0 Å². The number of esters is 1. The van der Waals surface area contributed by atoms with Gasteiger partial charge in [0.05, 0.1) is 16.6 Å². The molecule has 0 amide bonds. The van der Waals surface area contributed by atoms with Gasteiger partial charge >= 0.3 is 5.97 Å². The first-order chi connectivity index (χ1) is 13.7. The van der Waals surface area contributed by atoms with E-state index in [0.29, 0.717) is 4.47 Å². The molecular formula is C19H18BrF5O4. The first-order valence-electron chi connectivity index (χ1n) is 8.35. The molecule has 0 heterocycles. The number of hydrogen-bond donors (Lipinski definition) is 0. The number of carbonyl (C=O) groups excluding carboxylic acids is 1. The van der Waals surface area contributed by atoms with Crippen molar-refractivity contribution in [1.82, 2.24) is 0 Å². The zero-order valence-electron chi connectivity index (χ0n) is 16.0. The van der Waals surface area contributed by atoms with Gasteiger partial charge in [-0.1, -0.05) is 13.8 Å². The molecule has 0 radical (unpaired) electrons. The fraction of sp³-hybridized carbons (Fsp3) is 0.316. The van der Waals surface area contributed by atoms with E-state index in [0.717, 1.165) is 0 Å². The maximum atomic E-state index is 13.7. The van der Waals surface area contributed by atoms with Gasteiger partial charge in [-0.15, -0.1) is 0 Å². The van der Waals surface area contributed by atoms with E-state index in [2.05, 4.69) is 20.7 Å². The Morgan fingerprint density at radius 3 is 1.93 bits per heavy atom. The fourth-order valence-electron chi connectivity index (χ4n) is 2.11. The molecule has 10 heteroatoms. The van der Waals surface area contributed by atoms with Gasteiger partial charge < -0.3 is 14.2 Å². The Labute approximate surface area is 172 Å². The van der Waals surface area contributed by atoms with Gasteiger partial charge in [0.15, 0.2) is 0 Å². The summed E-state index contributed by atoms with van der Waals surface area (Å²) >= 11 is 3.22.